The Hall–Kier alpha value is -1.97. The highest BCUT2D eigenvalue weighted by Crippen LogP contribution is 2.34. The predicted molar refractivity (Wildman–Crippen MR) is 64.7 cm³/mol. The lowest BCUT2D eigenvalue weighted by Gasteiger charge is -2.11. The molecule has 1 aromatic heterocycles. The van der Waals surface area contributed by atoms with E-state index in [0.29, 0.717) is 0 Å². The highest BCUT2D eigenvalue weighted by atomic mass is 16.5. The maximum absolute atomic E-state index is 5.42. The Balaban J connectivity index is 2.56. The molecule has 2 rings (SSSR count). The van der Waals surface area contributed by atoms with Crippen molar-refractivity contribution in [2.45, 2.75) is 0 Å². The van der Waals surface area contributed by atoms with E-state index in [0.717, 1.165) is 22.7 Å². The zero-order valence-electron chi connectivity index (χ0n) is 9.69. The second-order valence-electron chi connectivity index (χ2n) is 3.51. The second-order valence-corrected chi connectivity index (χ2v) is 3.51. The lowest BCUT2D eigenvalue weighted by Crippen LogP contribution is -1.96. The number of nitrogens with one attached hydrogen (secondary N) is 1. The van der Waals surface area contributed by atoms with Crippen LogP contribution >= 0.6 is 0 Å². The van der Waals surface area contributed by atoms with Gasteiger partial charge in [-0.15, -0.1) is 0 Å². The minimum atomic E-state index is 0.823. The van der Waals surface area contributed by atoms with E-state index in [4.69, 9.17) is 4.74 Å². The first-order chi connectivity index (χ1) is 7.76. The van der Waals surface area contributed by atoms with Gasteiger partial charge in [0.1, 0.15) is 0 Å². The summed E-state index contributed by atoms with van der Waals surface area (Å²) in [5, 5.41) is 7.48. The normalized spacial score (nSPS) is 10.2. The summed E-state index contributed by atoms with van der Waals surface area (Å²) in [5.41, 5.74) is 2.87. The third kappa shape index (κ3) is 1.74. The van der Waals surface area contributed by atoms with E-state index in [1.807, 2.05) is 44.6 Å². The summed E-state index contributed by atoms with van der Waals surface area (Å²) in [5.74, 6) is 0.823. The molecule has 2 aromatic rings. The van der Waals surface area contributed by atoms with Crippen molar-refractivity contribution in [3.63, 3.8) is 0 Å². The van der Waals surface area contributed by atoms with Crippen molar-refractivity contribution >= 4 is 5.69 Å². The Morgan fingerprint density at radius 2 is 2.12 bits per heavy atom. The summed E-state index contributed by atoms with van der Waals surface area (Å²) in [7, 11) is 5.45. The molecule has 0 saturated carbocycles. The topological polar surface area (TPSA) is 39.1 Å². The molecule has 0 aliphatic heterocycles. The van der Waals surface area contributed by atoms with Crippen LogP contribution in [0.15, 0.2) is 30.5 Å². The van der Waals surface area contributed by atoms with Gasteiger partial charge in [-0.1, -0.05) is 6.07 Å². The number of aromatic nitrogens is 2. The van der Waals surface area contributed by atoms with Crippen LogP contribution < -0.4 is 10.1 Å². The molecule has 0 bridgehead atoms. The van der Waals surface area contributed by atoms with E-state index in [9.17, 15) is 0 Å². The molecular weight excluding hydrogens is 202 g/mol. The number of para-hydroxylation sites is 1. The van der Waals surface area contributed by atoms with E-state index >= 15 is 0 Å². The number of aryl methyl sites for hydroxylation is 1. The molecule has 0 aliphatic rings. The van der Waals surface area contributed by atoms with Crippen molar-refractivity contribution in [1.82, 2.24) is 9.78 Å². The summed E-state index contributed by atoms with van der Waals surface area (Å²) in [6.07, 6.45) is 1.92. The molecule has 0 fully saturated rings. The first-order valence-corrected chi connectivity index (χ1v) is 5.11. The lowest BCUT2D eigenvalue weighted by atomic mass is 10.1. The third-order valence-corrected chi connectivity index (χ3v) is 2.48. The molecule has 0 unspecified atom stereocenters. The fraction of sp³-hybridized carbons (Fsp3) is 0.250. The monoisotopic (exact) mass is 217 g/mol. The molecule has 1 heterocycles. The first kappa shape index (κ1) is 10.5. The Labute approximate surface area is 94.9 Å². The number of benzene rings is 1. The molecule has 1 aromatic carbocycles. The number of anilines is 1. The van der Waals surface area contributed by atoms with Crippen molar-refractivity contribution in [2.75, 3.05) is 19.5 Å². The Kier molecular flexibility index (Phi) is 2.81. The summed E-state index contributed by atoms with van der Waals surface area (Å²) in [4.78, 5) is 0. The van der Waals surface area contributed by atoms with Crippen LogP contribution in [0.1, 0.15) is 0 Å². The summed E-state index contributed by atoms with van der Waals surface area (Å²) in [6.45, 7) is 0. The summed E-state index contributed by atoms with van der Waals surface area (Å²) in [6, 6.07) is 7.93. The molecular formula is C12H15N3O. The van der Waals surface area contributed by atoms with Crippen LogP contribution in [-0.2, 0) is 7.05 Å². The van der Waals surface area contributed by atoms with Crippen molar-refractivity contribution in [3.05, 3.63) is 30.5 Å². The molecule has 84 valence electrons. The van der Waals surface area contributed by atoms with Crippen LogP contribution in [0.2, 0.25) is 0 Å². The fourth-order valence-corrected chi connectivity index (χ4v) is 1.71. The van der Waals surface area contributed by atoms with Gasteiger partial charge in [0.25, 0.3) is 0 Å². The van der Waals surface area contributed by atoms with Gasteiger partial charge in [-0.25, -0.2) is 0 Å². The van der Waals surface area contributed by atoms with E-state index in [1.165, 1.54) is 0 Å². The van der Waals surface area contributed by atoms with Gasteiger partial charge in [0.05, 0.1) is 18.5 Å². The molecule has 0 saturated heterocycles. The zero-order chi connectivity index (χ0) is 11.5. The van der Waals surface area contributed by atoms with Crippen LogP contribution in [0.5, 0.6) is 5.75 Å². The Morgan fingerprint density at radius 3 is 2.69 bits per heavy atom. The highest BCUT2D eigenvalue weighted by molar-refractivity contribution is 5.76. The Bertz CT molecular complexity index is 491. The maximum atomic E-state index is 5.42. The number of nitrogens with zero attached hydrogens (tertiary/aromatic N) is 2. The van der Waals surface area contributed by atoms with Gasteiger partial charge in [0.2, 0.25) is 0 Å². The minimum absolute atomic E-state index is 0.823. The minimum Gasteiger partial charge on any atom is -0.494 e. The molecule has 0 amide bonds. The average molecular weight is 217 g/mol. The van der Waals surface area contributed by atoms with Gasteiger partial charge in [0.15, 0.2) is 5.75 Å². The van der Waals surface area contributed by atoms with Gasteiger partial charge in [-0.2, -0.15) is 5.10 Å². The van der Waals surface area contributed by atoms with Gasteiger partial charge in [0, 0.05) is 25.9 Å². The van der Waals surface area contributed by atoms with Gasteiger partial charge >= 0.3 is 0 Å². The van der Waals surface area contributed by atoms with Crippen molar-refractivity contribution in [2.24, 2.45) is 7.05 Å². The smallest absolute Gasteiger partial charge is 0.151 e. The maximum Gasteiger partial charge on any atom is 0.151 e. The fourth-order valence-electron chi connectivity index (χ4n) is 1.71. The quantitative estimate of drug-likeness (QED) is 0.856. The van der Waals surface area contributed by atoms with E-state index in [1.54, 1.807) is 11.8 Å². The molecule has 4 heteroatoms. The molecule has 1 N–H and O–H groups in total. The molecule has 16 heavy (non-hydrogen) atoms. The summed E-state index contributed by atoms with van der Waals surface area (Å²) < 4.78 is 7.20. The third-order valence-electron chi connectivity index (χ3n) is 2.48. The van der Waals surface area contributed by atoms with Gasteiger partial charge in [-0.3, -0.25) is 4.68 Å². The van der Waals surface area contributed by atoms with Crippen LogP contribution in [0, 0.1) is 0 Å². The zero-order valence-corrected chi connectivity index (χ0v) is 9.69. The molecule has 0 spiro atoms. The molecule has 4 nitrogen and oxygen atoms in total. The molecule has 0 radical (unpaired) electrons. The SMILES string of the molecule is CNc1cccc(-c2ccn(C)n2)c1OC. The molecule has 0 aliphatic carbocycles. The lowest BCUT2D eigenvalue weighted by molar-refractivity contribution is 0.418. The summed E-state index contributed by atoms with van der Waals surface area (Å²) >= 11 is 0. The van der Waals surface area contributed by atoms with Crippen LogP contribution in [0.4, 0.5) is 5.69 Å². The van der Waals surface area contributed by atoms with Crippen LogP contribution in [0.3, 0.4) is 0 Å². The van der Waals surface area contributed by atoms with Crippen LogP contribution in [0.25, 0.3) is 11.3 Å². The first-order valence-electron chi connectivity index (χ1n) is 5.11. The van der Waals surface area contributed by atoms with Crippen molar-refractivity contribution in [1.29, 1.82) is 0 Å². The number of hydrogen-bond acceptors (Lipinski definition) is 3. The largest absolute Gasteiger partial charge is 0.494 e. The van der Waals surface area contributed by atoms with Gasteiger partial charge < -0.3 is 10.1 Å². The van der Waals surface area contributed by atoms with E-state index < -0.39 is 0 Å². The number of ether oxygens (including phenoxy) is 1. The van der Waals surface area contributed by atoms with Crippen molar-refractivity contribution in [3.8, 4) is 17.0 Å². The van der Waals surface area contributed by atoms with E-state index in [-0.39, 0.29) is 0 Å². The van der Waals surface area contributed by atoms with E-state index in [2.05, 4.69) is 10.4 Å². The molecule has 0 atom stereocenters. The standard InChI is InChI=1S/C12H15N3O/c1-13-11-6-4-5-9(12(11)16-3)10-7-8-15(2)14-10/h4-8,13H,1-3H3. The highest BCUT2D eigenvalue weighted by Gasteiger charge is 2.11. The number of methoxy groups -OCH3 is 1. The average Bonchev–Trinajstić information content (AvgIpc) is 2.74. The van der Waals surface area contributed by atoms with Gasteiger partial charge in [-0.05, 0) is 18.2 Å². The number of rotatable bonds is 3. The predicted octanol–water partition coefficient (Wildman–Crippen LogP) is 2.14. The number of hydrogen-bond donors (Lipinski definition) is 1. The Morgan fingerprint density at radius 1 is 1.31 bits per heavy atom. The second kappa shape index (κ2) is 4.26. The van der Waals surface area contributed by atoms with Crippen molar-refractivity contribution < 1.29 is 4.74 Å². The van der Waals surface area contributed by atoms with Crippen LogP contribution in [-0.4, -0.2) is 23.9 Å².